The zero-order valence-electron chi connectivity index (χ0n) is 8.61. The van der Waals surface area contributed by atoms with Gasteiger partial charge in [-0.3, -0.25) is 0 Å². The minimum absolute atomic E-state index is 0.466. The summed E-state index contributed by atoms with van der Waals surface area (Å²) >= 11 is 0. The Hall–Kier alpha value is -0.960. The Morgan fingerprint density at radius 1 is 1.36 bits per heavy atom. The van der Waals surface area contributed by atoms with Crippen LogP contribution in [0.3, 0.4) is 0 Å². The Labute approximate surface area is 84.9 Å². The zero-order valence-corrected chi connectivity index (χ0v) is 8.61. The van der Waals surface area contributed by atoms with Crippen molar-refractivity contribution in [2.75, 3.05) is 7.05 Å². The van der Waals surface area contributed by atoms with Crippen LogP contribution in [0.4, 0.5) is 0 Å². The van der Waals surface area contributed by atoms with E-state index in [1.54, 1.807) is 6.20 Å². The standard InChI is InChI=1S/C11H17N3/c1-12-11(9-4-2-3-5-9)10-6-7-13-14-8-10/h6-9,11-12H,2-5H2,1H3. The lowest BCUT2D eigenvalue weighted by molar-refractivity contribution is 0.389. The van der Waals surface area contributed by atoms with Gasteiger partial charge in [-0.05, 0) is 37.4 Å². The molecule has 1 unspecified atom stereocenters. The van der Waals surface area contributed by atoms with Crippen molar-refractivity contribution in [1.29, 1.82) is 0 Å². The molecule has 1 fully saturated rings. The predicted octanol–water partition coefficient (Wildman–Crippen LogP) is 1.93. The van der Waals surface area contributed by atoms with Gasteiger partial charge in [0.25, 0.3) is 0 Å². The summed E-state index contributed by atoms with van der Waals surface area (Å²) in [5.74, 6) is 0.782. The Morgan fingerprint density at radius 2 is 2.14 bits per heavy atom. The van der Waals surface area contributed by atoms with Crippen LogP contribution in [0.15, 0.2) is 18.5 Å². The monoisotopic (exact) mass is 191 g/mol. The summed E-state index contributed by atoms with van der Waals surface area (Å²) in [5.41, 5.74) is 1.27. The van der Waals surface area contributed by atoms with Crippen molar-refractivity contribution in [3.63, 3.8) is 0 Å². The average molecular weight is 191 g/mol. The summed E-state index contributed by atoms with van der Waals surface area (Å²) in [6.07, 6.45) is 9.08. The lowest BCUT2D eigenvalue weighted by atomic mass is 9.93. The molecule has 0 saturated heterocycles. The summed E-state index contributed by atoms with van der Waals surface area (Å²) in [5, 5.41) is 11.1. The van der Waals surface area contributed by atoms with Gasteiger partial charge in [0.2, 0.25) is 0 Å². The largest absolute Gasteiger partial charge is 0.313 e. The second-order valence-corrected chi connectivity index (χ2v) is 3.99. The van der Waals surface area contributed by atoms with E-state index in [0.29, 0.717) is 6.04 Å². The van der Waals surface area contributed by atoms with Crippen LogP contribution in [0.2, 0.25) is 0 Å². The average Bonchev–Trinajstić information content (AvgIpc) is 2.74. The molecule has 1 atom stereocenters. The van der Waals surface area contributed by atoms with Crippen LogP contribution in [0.1, 0.15) is 37.3 Å². The van der Waals surface area contributed by atoms with Crippen molar-refractivity contribution in [2.24, 2.45) is 5.92 Å². The highest BCUT2D eigenvalue weighted by Crippen LogP contribution is 2.34. The van der Waals surface area contributed by atoms with Crippen LogP contribution in [-0.2, 0) is 0 Å². The van der Waals surface area contributed by atoms with Gasteiger partial charge in [-0.1, -0.05) is 12.8 Å². The fourth-order valence-electron chi connectivity index (χ4n) is 2.45. The number of rotatable bonds is 3. The van der Waals surface area contributed by atoms with Crippen molar-refractivity contribution in [1.82, 2.24) is 15.5 Å². The highest BCUT2D eigenvalue weighted by molar-refractivity contribution is 5.13. The third-order valence-corrected chi connectivity index (χ3v) is 3.15. The van der Waals surface area contributed by atoms with Crippen LogP contribution in [-0.4, -0.2) is 17.2 Å². The molecule has 0 aromatic carbocycles. The molecular formula is C11H17N3. The van der Waals surface area contributed by atoms with Crippen molar-refractivity contribution < 1.29 is 0 Å². The van der Waals surface area contributed by atoms with Gasteiger partial charge in [0.1, 0.15) is 0 Å². The normalized spacial score (nSPS) is 19.8. The molecule has 1 aromatic heterocycles. The summed E-state index contributed by atoms with van der Waals surface area (Å²) in [6, 6.07) is 2.53. The maximum Gasteiger partial charge on any atom is 0.0544 e. The first-order valence-corrected chi connectivity index (χ1v) is 5.35. The molecule has 1 N–H and O–H groups in total. The van der Waals surface area contributed by atoms with Crippen LogP contribution in [0.25, 0.3) is 0 Å². The van der Waals surface area contributed by atoms with Gasteiger partial charge in [-0.25, -0.2) is 0 Å². The molecule has 1 aliphatic carbocycles. The van der Waals surface area contributed by atoms with E-state index in [0.717, 1.165) is 5.92 Å². The van der Waals surface area contributed by atoms with Crippen LogP contribution >= 0.6 is 0 Å². The third-order valence-electron chi connectivity index (χ3n) is 3.15. The Kier molecular flexibility index (Phi) is 3.09. The number of aromatic nitrogens is 2. The molecule has 0 spiro atoms. The van der Waals surface area contributed by atoms with Crippen LogP contribution in [0.5, 0.6) is 0 Å². The van der Waals surface area contributed by atoms with Crippen molar-refractivity contribution in [3.8, 4) is 0 Å². The lowest BCUT2D eigenvalue weighted by Gasteiger charge is -2.22. The van der Waals surface area contributed by atoms with Gasteiger partial charge in [-0.15, -0.1) is 0 Å². The second kappa shape index (κ2) is 4.51. The number of hydrogen-bond donors (Lipinski definition) is 1. The molecule has 2 rings (SSSR count). The Balaban J connectivity index is 2.12. The minimum Gasteiger partial charge on any atom is -0.313 e. The fourth-order valence-corrected chi connectivity index (χ4v) is 2.45. The van der Waals surface area contributed by atoms with E-state index >= 15 is 0 Å². The van der Waals surface area contributed by atoms with E-state index in [-0.39, 0.29) is 0 Å². The molecule has 0 amide bonds. The van der Waals surface area contributed by atoms with E-state index in [1.165, 1.54) is 31.2 Å². The smallest absolute Gasteiger partial charge is 0.0544 e. The van der Waals surface area contributed by atoms with Gasteiger partial charge in [0.05, 0.1) is 6.20 Å². The van der Waals surface area contributed by atoms with Crippen molar-refractivity contribution in [2.45, 2.75) is 31.7 Å². The summed E-state index contributed by atoms with van der Waals surface area (Å²) in [6.45, 7) is 0. The first-order valence-electron chi connectivity index (χ1n) is 5.35. The molecule has 14 heavy (non-hydrogen) atoms. The highest BCUT2D eigenvalue weighted by atomic mass is 15.1. The van der Waals surface area contributed by atoms with Gasteiger partial charge in [0.15, 0.2) is 0 Å². The van der Waals surface area contributed by atoms with Crippen molar-refractivity contribution in [3.05, 3.63) is 24.0 Å². The Morgan fingerprint density at radius 3 is 2.71 bits per heavy atom. The minimum atomic E-state index is 0.466. The maximum atomic E-state index is 3.93. The molecule has 3 nitrogen and oxygen atoms in total. The maximum absolute atomic E-state index is 3.93. The molecule has 76 valence electrons. The van der Waals surface area contributed by atoms with Gasteiger partial charge in [-0.2, -0.15) is 10.2 Å². The summed E-state index contributed by atoms with van der Waals surface area (Å²) in [7, 11) is 2.03. The van der Waals surface area contributed by atoms with Crippen LogP contribution < -0.4 is 5.32 Å². The third kappa shape index (κ3) is 1.93. The molecule has 1 heterocycles. The molecule has 1 aliphatic rings. The molecule has 1 saturated carbocycles. The SMILES string of the molecule is CNC(c1ccnnc1)C1CCCC1. The van der Waals surface area contributed by atoms with E-state index in [1.807, 2.05) is 13.2 Å². The lowest BCUT2D eigenvalue weighted by Crippen LogP contribution is -2.23. The predicted molar refractivity (Wildman–Crippen MR) is 55.8 cm³/mol. The van der Waals surface area contributed by atoms with Crippen LogP contribution in [0, 0.1) is 5.92 Å². The van der Waals surface area contributed by atoms with Gasteiger partial charge < -0.3 is 5.32 Å². The molecular weight excluding hydrogens is 174 g/mol. The number of nitrogens with zero attached hydrogens (tertiary/aromatic N) is 2. The number of nitrogens with one attached hydrogen (secondary N) is 1. The van der Waals surface area contributed by atoms with Crippen molar-refractivity contribution >= 4 is 0 Å². The molecule has 0 radical (unpaired) electrons. The summed E-state index contributed by atoms with van der Waals surface area (Å²) < 4.78 is 0. The zero-order chi connectivity index (χ0) is 9.80. The first kappa shape index (κ1) is 9.59. The highest BCUT2D eigenvalue weighted by Gasteiger charge is 2.24. The quantitative estimate of drug-likeness (QED) is 0.793. The molecule has 1 aromatic rings. The topological polar surface area (TPSA) is 37.8 Å². The second-order valence-electron chi connectivity index (χ2n) is 3.99. The fraction of sp³-hybridized carbons (Fsp3) is 0.636. The number of hydrogen-bond acceptors (Lipinski definition) is 3. The van der Waals surface area contributed by atoms with E-state index in [2.05, 4.69) is 21.6 Å². The molecule has 3 heteroatoms. The van der Waals surface area contributed by atoms with Gasteiger partial charge >= 0.3 is 0 Å². The van der Waals surface area contributed by atoms with E-state index in [4.69, 9.17) is 0 Å². The first-order chi connectivity index (χ1) is 6.92. The van der Waals surface area contributed by atoms with Gasteiger partial charge in [0, 0.05) is 12.2 Å². The van der Waals surface area contributed by atoms with E-state index in [9.17, 15) is 0 Å². The molecule has 0 bridgehead atoms. The summed E-state index contributed by atoms with van der Waals surface area (Å²) in [4.78, 5) is 0. The molecule has 0 aliphatic heterocycles. The van der Waals surface area contributed by atoms with E-state index < -0.39 is 0 Å². The Bertz CT molecular complexity index is 267.